The Kier molecular flexibility index (Phi) is 5.00. The van der Waals surface area contributed by atoms with E-state index in [1.54, 1.807) is 6.07 Å². The molecule has 1 aromatic heterocycles. The fourth-order valence-corrected chi connectivity index (χ4v) is 4.95. The van der Waals surface area contributed by atoms with Crippen LogP contribution in [0, 0.1) is 11.8 Å². The maximum absolute atomic E-state index is 12.2. The maximum atomic E-state index is 12.2. The van der Waals surface area contributed by atoms with Crippen LogP contribution in [0.4, 0.5) is 0 Å². The Balaban J connectivity index is 1.97. The van der Waals surface area contributed by atoms with Crippen molar-refractivity contribution in [2.24, 2.45) is 11.8 Å². The van der Waals surface area contributed by atoms with Gasteiger partial charge in [-0.25, -0.2) is 13.1 Å². The van der Waals surface area contributed by atoms with Crippen LogP contribution in [0.3, 0.4) is 0 Å². The monoisotopic (exact) mass is 302 g/mol. The Morgan fingerprint density at radius 3 is 2.84 bits per heavy atom. The third-order valence-corrected chi connectivity index (χ3v) is 6.76. The molecule has 1 aromatic rings. The van der Waals surface area contributed by atoms with Gasteiger partial charge >= 0.3 is 0 Å². The Morgan fingerprint density at radius 2 is 2.21 bits per heavy atom. The number of hydrogen-bond acceptors (Lipinski definition) is 4. The molecule has 108 valence electrons. The van der Waals surface area contributed by atoms with Crippen molar-refractivity contribution < 1.29 is 8.42 Å². The molecule has 1 aliphatic carbocycles. The van der Waals surface area contributed by atoms with Crippen LogP contribution in [0.5, 0.6) is 0 Å². The van der Waals surface area contributed by atoms with Gasteiger partial charge in [-0.05, 0) is 42.3 Å². The van der Waals surface area contributed by atoms with Crippen molar-refractivity contribution in [3.05, 3.63) is 17.0 Å². The number of sulfonamides is 1. The minimum absolute atomic E-state index is 0.420. The van der Waals surface area contributed by atoms with Crippen molar-refractivity contribution >= 4 is 21.4 Å². The molecule has 0 spiro atoms. The highest BCUT2D eigenvalue weighted by Gasteiger charge is 2.25. The topological polar surface area (TPSA) is 58.2 Å². The van der Waals surface area contributed by atoms with Gasteiger partial charge in [0.25, 0.3) is 0 Å². The molecule has 0 saturated heterocycles. The molecule has 1 saturated carbocycles. The van der Waals surface area contributed by atoms with Gasteiger partial charge in [0.1, 0.15) is 4.21 Å². The molecule has 0 aliphatic heterocycles. The van der Waals surface area contributed by atoms with Crippen molar-refractivity contribution in [1.82, 2.24) is 10.0 Å². The fraction of sp³-hybridized carbons (Fsp3) is 0.692. The Bertz CT molecular complexity index is 510. The van der Waals surface area contributed by atoms with E-state index in [0.717, 1.165) is 12.0 Å². The molecular formula is C13H22N2O2S2. The van der Waals surface area contributed by atoms with Crippen molar-refractivity contribution in [2.45, 2.75) is 36.9 Å². The number of hydrogen-bond donors (Lipinski definition) is 2. The zero-order valence-electron chi connectivity index (χ0n) is 11.5. The van der Waals surface area contributed by atoms with Gasteiger partial charge in [-0.3, -0.25) is 0 Å². The van der Waals surface area contributed by atoms with Crippen molar-refractivity contribution in [3.8, 4) is 0 Å². The predicted molar refractivity (Wildman–Crippen MR) is 78.8 cm³/mol. The number of thiophene rings is 1. The SMILES string of the molecule is CNCc1csc(S(=O)(=O)NCC2CCCC2C)c1. The molecule has 4 nitrogen and oxygen atoms in total. The summed E-state index contributed by atoms with van der Waals surface area (Å²) in [4.78, 5) is 0. The first-order valence-corrected chi connectivity index (χ1v) is 9.11. The van der Waals surface area contributed by atoms with Gasteiger partial charge in [0.2, 0.25) is 10.0 Å². The molecule has 0 amide bonds. The Hall–Kier alpha value is -0.430. The minimum Gasteiger partial charge on any atom is -0.316 e. The van der Waals surface area contributed by atoms with Gasteiger partial charge in [-0.2, -0.15) is 0 Å². The van der Waals surface area contributed by atoms with E-state index in [1.165, 1.54) is 24.2 Å². The van der Waals surface area contributed by atoms with E-state index in [-0.39, 0.29) is 0 Å². The Labute approximate surface area is 119 Å². The second kappa shape index (κ2) is 6.35. The van der Waals surface area contributed by atoms with Crippen LogP contribution < -0.4 is 10.0 Å². The molecule has 0 radical (unpaired) electrons. The number of nitrogens with one attached hydrogen (secondary N) is 2. The van der Waals surface area contributed by atoms with E-state index in [9.17, 15) is 8.42 Å². The molecule has 2 atom stereocenters. The first kappa shape index (κ1) is 15.0. The van der Waals surface area contributed by atoms with Crippen LogP contribution >= 0.6 is 11.3 Å². The summed E-state index contributed by atoms with van der Waals surface area (Å²) < 4.78 is 27.6. The highest BCUT2D eigenvalue weighted by atomic mass is 32.2. The quantitative estimate of drug-likeness (QED) is 0.847. The summed E-state index contributed by atoms with van der Waals surface area (Å²) in [5, 5.41) is 4.91. The van der Waals surface area contributed by atoms with Gasteiger partial charge in [-0.15, -0.1) is 11.3 Å². The molecule has 1 fully saturated rings. The van der Waals surface area contributed by atoms with Crippen LogP contribution in [-0.2, 0) is 16.6 Å². The summed E-state index contributed by atoms with van der Waals surface area (Å²) >= 11 is 1.29. The van der Waals surface area contributed by atoms with Gasteiger partial charge in [0, 0.05) is 13.1 Å². The normalized spacial score (nSPS) is 23.9. The van der Waals surface area contributed by atoms with Crippen LogP contribution in [0.2, 0.25) is 0 Å². The van der Waals surface area contributed by atoms with E-state index in [0.29, 0.717) is 29.1 Å². The molecule has 2 rings (SSSR count). The van der Waals surface area contributed by atoms with Crippen LogP contribution in [0.25, 0.3) is 0 Å². The second-order valence-electron chi connectivity index (χ2n) is 5.32. The summed E-state index contributed by atoms with van der Waals surface area (Å²) in [5.74, 6) is 1.12. The van der Waals surface area contributed by atoms with E-state index >= 15 is 0 Å². The molecule has 1 heterocycles. The molecular weight excluding hydrogens is 280 g/mol. The van der Waals surface area contributed by atoms with Crippen LogP contribution in [-0.4, -0.2) is 22.0 Å². The summed E-state index contributed by atoms with van der Waals surface area (Å²) in [5.41, 5.74) is 1.02. The van der Waals surface area contributed by atoms with Gasteiger partial charge in [0.05, 0.1) is 0 Å². The average Bonchev–Trinajstić information content (AvgIpc) is 2.97. The average molecular weight is 302 g/mol. The summed E-state index contributed by atoms with van der Waals surface area (Å²) in [6.07, 6.45) is 3.58. The lowest BCUT2D eigenvalue weighted by Crippen LogP contribution is -2.29. The molecule has 0 aromatic carbocycles. The van der Waals surface area contributed by atoms with Crippen LogP contribution in [0.15, 0.2) is 15.7 Å². The van der Waals surface area contributed by atoms with Gasteiger partial charge < -0.3 is 5.32 Å². The Morgan fingerprint density at radius 1 is 1.42 bits per heavy atom. The molecule has 2 unspecified atom stereocenters. The van der Waals surface area contributed by atoms with Crippen LogP contribution in [0.1, 0.15) is 31.7 Å². The van der Waals surface area contributed by atoms with Gasteiger partial charge in [-0.1, -0.05) is 19.8 Å². The lowest BCUT2D eigenvalue weighted by Gasteiger charge is -2.15. The zero-order valence-corrected chi connectivity index (χ0v) is 13.1. The number of rotatable bonds is 6. The van der Waals surface area contributed by atoms with Crippen molar-refractivity contribution in [1.29, 1.82) is 0 Å². The van der Waals surface area contributed by atoms with E-state index in [4.69, 9.17) is 0 Å². The first-order chi connectivity index (χ1) is 9.03. The predicted octanol–water partition coefficient (Wildman–Crippen LogP) is 2.18. The highest BCUT2D eigenvalue weighted by molar-refractivity contribution is 7.91. The fourth-order valence-electron chi connectivity index (χ4n) is 2.60. The summed E-state index contributed by atoms with van der Waals surface area (Å²) in [7, 11) is -1.48. The first-order valence-electron chi connectivity index (χ1n) is 6.74. The third kappa shape index (κ3) is 3.78. The van der Waals surface area contributed by atoms with E-state index in [2.05, 4.69) is 17.0 Å². The third-order valence-electron chi connectivity index (χ3n) is 3.85. The second-order valence-corrected chi connectivity index (χ2v) is 8.23. The van der Waals surface area contributed by atoms with Crippen molar-refractivity contribution in [2.75, 3.05) is 13.6 Å². The van der Waals surface area contributed by atoms with E-state index in [1.807, 2.05) is 12.4 Å². The molecule has 19 heavy (non-hydrogen) atoms. The lowest BCUT2D eigenvalue weighted by atomic mass is 9.99. The van der Waals surface area contributed by atoms with Gasteiger partial charge in [0.15, 0.2) is 0 Å². The minimum atomic E-state index is -3.33. The zero-order chi connectivity index (χ0) is 13.9. The van der Waals surface area contributed by atoms with Crippen molar-refractivity contribution in [3.63, 3.8) is 0 Å². The molecule has 2 N–H and O–H groups in total. The maximum Gasteiger partial charge on any atom is 0.250 e. The van der Waals surface area contributed by atoms with E-state index < -0.39 is 10.0 Å². The lowest BCUT2D eigenvalue weighted by molar-refractivity contribution is 0.414. The largest absolute Gasteiger partial charge is 0.316 e. The molecule has 1 aliphatic rings. The molecule has 0 bridgehead atoms. The molecule has 6 heteroatoms. The highest BCUT2D eigenvalue weighted by Crippen LogP contribution is 2.31. The standard InChI is InChI=1S/C13H22N2O2S2/c1-10-4-3-5-12(10)8-15-19(16,17)13-6-11(7-14-2)9-18-13/h6,9-10,12,14-15H,3-5,7-8H2,1-2H3. The summed E-state index contributed by atoms with van der Waals surface area (Å²) in [6, 6.07) is 1.75. The smallest absolute Gasteiger partial charge is 0.250 e. The summed E-state index contributed by atoms with van der Waals surface area (Å²) in [6.45, 7) is 3.48.